The summed E-state index contributed by atoms with van der Waals surface area (Å²) in [6, 6.07) is 8.34. The molecule has 2 rings (SSSR count). The molecule has 0 aromatic heterocycles. The number of rotatable bonds is 3. The van der Waals surface area contributed by atoms with E-state index in [1.54, 1.807) is 0 Å². The Bertz CT molecular complexity index is 390. The standard InChI is InChI=1S/C16H25NO/c1-16(2)8-6-12(7-9-16)13-4-3-5-14(10-13)15(18)11-17/h3-5,10,12,15,18H,6-9,11,17H2,1-2H3. The van der Waals surface area contributed by atoms with Gasteiger partial charge in [0.2, 0.25) is 0 Å². The van der Waals surface area contributed by atoms with Crippen molar-refractivity contribution in [2.24, 2.45) is 11.1 Å². The third-order valence-corrected chi connectivity index (χ3v) is 4.33. The first-order valence-electron chi connectivity index (χ1n) is 7.00. The Labute approximate surface area is 110 Å². The van der Waals surface area contributed by atoms with Crippen molar-refractivity contribution in [3.05, 3.63) is 35.4 Å². The van der Waals surface area contributed by atoms with Crippen LogP contribution in [0.1, 0.15) is 62.7 Å². The van der Waals surface area contributed by atoms with Gasteiger partial charge in [0.25, 0.3) is 0 Å². The van der Waals surface area contributed by atoms with Crippen LogP contribution in [0, 0.1) is 5.41 Å². The number of hydrogen-bond acceptors (Lipinski definition) is 2. The minimum atomic E-state index is -0.523. The molecule has 18 heavy (non-hydrogen) atoms. The molecule has 1 aliphatic rings. The third-order valence-electron chi connectivity index (χ3n) is 4.33. The van der Waals surface area contributed by atoms with Gasteiger partial charge in [0.05, 0.1) is 6.10 Å². The lowest BCUT2D eigenvalue weighted by Gasteiger charge is -2.34. The fourth-order valence-electron chi connectivity index (χ4n) is 2.89. The number of hydrogen-bond donors (Lipinski definition) is 2. The Morgan fingerprint density at radius 1 is 1.33 bits per heavy atom. The van der Waals surface area contributed by atoms with E-state index in [0.717, 1.165) is 5.56 Å². The van der Waals surface area contributed by atoms with Crippen LogP contribution in [-0.2, 0) is 0 Å². The van der Waals surface area contributed by atoms with Gasteiger partial charge in [-0.05, 0) is 48.1 Å². The molecule has 0 bridgehead atoms. The van der Waals surface area contributed by atoms with Gasteiger partial charge in [0.1, 0.15) is 0 Å². The molecule has 0 amide bonds. The highest BCUT2D eigenvalue weighted by atomic mass is 16.3. The molecule has 0 radical (unpaired) electrons. The Kier molecular flexibility index (Phi) is 4.08. The van der Waals surface area contributed by atoms with E-state index in [2.05, 4.69) is 26.0 Å². The van der Waals surface area contributed by atoms with Crippen LogP contribution in [-0.4, -0.2) is 11.7 Å². The second kappa shape index (κ2) is 5.41. The van der Waals surface area contributed by atoms with E-state index in [-0.39, 0.29) is 0 Å². The Morgan fingerprint density at radius 2 is 2.00 bits per heavy atom. The molecule has 2 heteroatoms. The molecule has 1 aromatic rings. The van der Waals surface area contributed by atoms with Crippen molar-refractivity contribution in [1.82, 2.24) is 0 Å². The topological polar surface area (TPSA) is 46.2 Å². The molecule has 100 valence electrons. The predicted octanol–water partition coefficient (Wildman–Crippen LogP) is 3.36. The van der Waals surface area contributed by atoms with Gasteiger partial charge < -0.3 is 10.8 Å². The molecule has 2 nitrogen and oxygen atoms in total. The van der Waals surface area contributed by atoms with E-state index in [4.69, 9.17) is 5.73 Å². The predicted molar refractivity (Wildman–Crippen MR) is 75.4 cm³/mol. The Balaban J connectivity index is 2.10. The number of aliphatic hydroxyl groups is 1. The molecule has 1 fully saturated rings. The quantitative estimate of drug-likeness (QED) is 0.860. The van der Waals surface area contributed by atoms with Gasteiger partial charge in [-0.15, -0.1) is 0 Å². The third kappa shape index (κ3) is 3.12. The average Bonchev–Trinajstić information content (AvgIpc) is 2.38. The lowest BCUT2D eigenvalue weighted by Crippen LogP contribution is -2.20. The maximum Gasteiger partial charge on any atom is 0.0912 e. The van der Waals surface area contributed by atoms with Crippen molar-refractivity contribution >= 4 is 0 Å². The van der Waals surface area contributed by atoms with Crippen LogP contribution in [0.5, 0.6) is 0 Å². The summed E-state index contributed by atoms with van der Waals surface area (Å²) in [4.78, 5) is 0. The Hall–Kier alpha value is -0.860. The summed E-state index contributed by atoms with van der Waals surface area (Å²) in [5.41, 5.74) is 8.35. The molecule has 0 aliphatic heterocycles. The van der Waals surface area contributed by atoms with Gasteiger partial charge in [-0.25, -0.2) is 0 Å². The Morgan fingerprint density at radius 3 is 2.61 bits per heavy atom. The van der Waals surface area contributed by atoms with E-state index in [1.165, 1.54) is 31.2 Å². The number of aliphatic hydroxyl groups excluding tert-OH is 1. The second-order valence-corrected chi connectivity index (χ2v) is 6.36. The van der Waals surface area contributed by atoms with E-state index in [1.807, 2.05) is 12.1 Å². The number of nitrogens with two attached hydrogens (primary N) is 1. The monoisotopic (exact) mass is 247 g/mol. The van der Waals surface area contributed by atoms with Gasteiger partial charge >= 0.3 is 0 Å². The van der Waals surface area contributed by atoms with Crippen LogP contribution in [0.25, 0.3) is 0 Å². The van der Waals surface area contributed by atoms with Crippen molar-refractivity contribution in [3.63, 3.8) is 0 Å². The largest absolute Gasteiger partial charge is 0.387 e. The van der Waals surface area contributed by atoms with Crippen molar-refractivity contribution in [2.75, 3.05) is 6.54 Å². The molecular formula is C16H25NO. The molecule has 1 unspecified atom stereocenters. The van der Waals surface area contributed by atoms with Crippen molar-refractivity contribution in [3.8, 4) is 0 Å². The summed E-state index contributed by atoms with van der Waals surface area (Å²) in [5.74, 6) is 0.656. The SMILES string of the molecule is CC1(C)CCC(c2cccc(C(O)CN)c2)CC1. The molecule has 1 aliphatic carbocycles. The molecule has 1 saturated carbocycles. The maximum atomic E-state index is 9.81. The average molecular weight is 247 g/mol. The highest BCUT2D eigenvalue weighted by molar-refractivity contribution is 5.28. The van der Waals surface area contributed by atoms with E-state index >= 15 is 0 Å². The summed E-state index contributed by atoms with van der Waals surface area (Å²) < 4.78 is 0. The summed E-state index contributed by atoms with van der Waals surface area (Å²) >= 11 is 0. The maximum absolute atomic E-state index is 9.81. The summed E-state index contributed by atoms with van der Waals surface area (Å²) in [6.07, 6.45) is 4.58. The van der Waals surface area contributed by atoms with Crippen molar-refractivity contribution in [2.45, 2.75) is 51.6 Å². The zero-order chi connectivity index (χ0) is 13.2. The minimum absolute atomic E-state index is 0.293. The first-order chi connectivity index (χ1) is 8.52. The zero-order valence-corrected chi connectivity index (χ0v) is 11.5. The molecule has 3 N–H and O–H groups in total. The molecule has 0 heterocycles. The molecular weight excluding hydrogens is 222 g/mol. The highest BCUT2D eigenvalue weighted by Gasteiger charge is 2.27. The second-order valence-electron chi connectivity index (χ2n) is 6.36. The van der Waals surface area contributed by atoms with Gasteiger partial charge in [-0.3, -0.25) is 0 Å². The molecule has 0 saturated heterocycles. The van der Waals surface area contributed by atoms with E-state index in [0.29, 0.717) is 17.9 Å². The summed E-state index contributed by atoms with van der Waals surface area (Å²) in [7, 11) is 0. The van der Waals surface area contributed by atoms with E-state index in [9.17, 15) is 5.11 Å². The van der Waals surface area contributed by atoms with Crippen molar-refractivity contribution in [1.29, 1.82) is 0 Å². The van der Waals surface area contributed by atoms with Crippen LogP contribution < -0.4 is 5.73 Å². The van der Waals surface area contributed by atoms with E-state index < -0.39 is 6.10 Å². The van der Waals surface area contributed by atoms with Gasteiger partial charge in [-0.2, -0.15) is 0 Å². The highest BCUT2D eigenvalue weighted by Crippen LogP contribution is 2.42. The smallest absolute Gasteiger partial charge is 0.0912 e. The normalized spacial score (nSPS) is 21.8. The van der Waals surface area contributed by atoms with Gasteiger partial charge in [-0.1, -0.05) is 38.1 Å². The molecule has 0 spiro atoms. The van der Waals surface area contributed by atoms with Crippen LogP contribution in [0.15, 0.2) is 24.3 Å². The van der Waals surface area contributed by atoms with Gasteiger partial charge in [0, 0.05) is 6.54 Å². The fourth-order valence-corrected chi connectivity index (χ4v) is 2.89. The lowest BCUT2D eigenvalue weighted by molar-refractivity contribution is 0.186. The minimum Gasteiger partial charge on any atom is -0.387 e. The fraction of sp³-hybridized carbons (Fsp3) is 0.625. The number of benzene rings is 1. The van der Waals surface area contributed by atoms with Crippen LogP contribution in [0.2, 0.25) is 0 Å². The molecule has 1 atom stereocenters. The van der Waals surface area contributed by atoms with Crippen LogP contribution in [0.3, 0.4) is 0 Å². The zero-order valence-electron chi connectivity index (χ0n) is 11.5. The van der Waals surface area contributed by atoms with Crippen LogP contribution in [0.4, 0.5) is 0 Å². The lowest BCUT2D eigenvalue weighted by atomic mass is 9.71. The molecule has 1 aromatic carbocycles. The van der Waals surface area contributed by atoms with Crippen LogP contribution >= 0.6 is 0 Å². The van der Waals surface area contributed by atoms with Crippen molar-refractivity contribution < 1.29 is 5.11 Å². The summed E-state index contributed by atoms with van der Waals surface area (Å²) in [6.45, 7) is 5.01. The first-order valence-corrected chi connectivity index (χ1v) is 7.00. The first kappa shape index (κ1) is 13.6. The summed E-state index contributed by atoms with van der Waals surface area (Å²) in [5, 5.41) is 9.81. The van der Waals surface area contributed by atoms with Gasteiger partial charge in [0.15, 0.2) is 0 Å².